The summed E-state index contributed by atoms with van der Waals surface area (Å²) in [6.07, 6.45) is 13.9. The van der Waals surface area contributed by atoms with Crippen LogP contribution in [0.2, 0.25) is 0 Å². The highest BCUT2D eigenvalue weighted by Gasteiger charge is 2.28. The normalized spacial score (nSPS) is 12.5. The number of aromatic nitrogens is 11. The SMILES string of the molecule is Cn1cc(NC(=O)c2nc(NC(=O)CCNC(=O)c3cc(NC(=O)c4nc(NC(=O)CCNC(=O)c5cccn5C)cn4C)cn3C)cn2C)cc1C(=O)NCCC(=O)Nc1cn(C)c(C(=O)NCCOCCOCCOCCOCCOCCN2CCC(C(=O)Nc3ncc(SCc4ncc(C(C)(C)C)o4)s3)CC2)n1. The zero-order valence-electron chi connectivity index (χ0n) is 63.5. The van der Waals surface area contributed by atoms with Crippen molar-refractivity contribution in [3.8, 4) is 0 Å². The average Bonchev–Trinajstić information content (AvgIpc) is 1.69. The van der Waals surface area contributed by atoms with Crippen LogP contribution in [-0.4, -0.2) is 228 Å². The Balaban J connectivity index is 0.551. The largest absolute Gasteiger partial charge is 0.444 e. The van der Waals surface area contributed by atoms with Crippen molar-refractivity contribution in [2.45, 2.75) is 68.3 Å². The van der Waals surface area contributed by atoms with Crippen LogP contribution in [0.25, 0.3) is 0 Å². The molecule has 0 aromatic carbocycles. The summed E-state index contributed by atoms with van der Waals surface area (Å²) in [5, 5.41) is 27.6. The highest BCUT2D eigenvalue weighted by Crippen LogP contribution is 2.33. The van der Waals surface area contributed by atoms with E-state index in [1.165, 1.54) is 77.3 Å². The topological polar surface area (TPSA) is 448 Å². The number of thiazole rings is 1. The number of imidazole rings is 3. The van der Waals surface area contributed by atoms with Gasteiger partial charge in [0.05, 0.1) is 99.8 Å². The Hall–Kier alpha value is -10.9. The summed E-state index contributed by atoms with van der Waals surface area (Å²) in [6.45, 7) is 12.7. The lowest BCUT2D eigenvalue weighted by atomic mass is 9.94. The third kappa shape index (κ3) is 26.1. The number of rotatable bonds is 43. The zero-order valence-corrected chi connectivity index (χ0v) is 65.1. The van der Waals surface area contributed by atoms with Crippen LogP contribution >= 0.6 is 23.1 Å². The summed E-state index contributed by atoms with van der Waals surface area (Å²) in [7, 11) is 9.65. The second-order valence-corrected chi connectivity index (χ2v) is 29.1. The van der Waals surface area contributed by atoms with E-state index in [-0.39, 0.29) is 133 Å². The van der Waals surface area contributed by atoms with Gasteiger partial charge in [0.25, 0.3) is 35.4 Å². The summed E-state index contributed by atoms with van der Waals surface area (Å²) in [5.41, 5.74) is 1.21. The van der Waals surface area contributed by atoms with Crippen molar-refractivity contribution < 1.29 is 76.0 Å². The minimum absolute atomic E-state index is 0.00627. The molecule has 0 bridgehead atoms. The van der Waals surface area contributed by atoms with E-state index in [0.717, 1.165) is 42.4 Å². The van der Waals surface area contributed by atoms with E-state index in [0.29, 0.717) is 81.9 Å². The van der Waals surface area contributed by atoms with Gasteiger partial charge < -0.3 is 114 Å². The first-order valence-electron chi connectivity index (χ1n) is 35.9. The monoisotopic (exact) mass is 1580 g/mol. The molecular weight excluding hydrogens is 1480 g/mol. The lowest BCUT2D eigenvalue weighted by Crippen LogP contribution is -2.39. The number of carbonyl (C=O) groups excluding carboxylic acids is 10. The molecule has 598 valence electrons. The molecule has 1 saturated heterocycles. The summed E-state index contributed by atoms with van der Waals surface area (Å²) in [5.74, 6) is -2.26. The van der Waals surface area contributed by atoms with Gasteiger partial charge in [0.15, 0.2) is 22.6 Å². The Morgan fingerprint density at radius 1 is 0.495 bits per heavy atom. The number of hydrogen-bond acceptors (Lipinski definition) is 24. The molecule has 8 aromatic rings. The van der Waals surface area contributed by atoms with Crippen molar-refractivity contribution in [2.24, 2.45) is 48.2 Å². The molecule has 0 atom stereocenters. The maximum Gasteiger partial charge on any atom is 0.291 e. The number of likely N-dealkylation sites (tertiary alicyclic amines) is 1. The fraction of sp³-hybridized carbons (Fsp3) is 0.479. The minimum Gasteiger partial charge on any atom is -0.444 e. The Morgan fingerprint density at radius 2 is 0.937 bits per heavy atom. The molecule has 9 rings (SSSR count). The number of carbonyl (C=O) groups is 10. The van der Waals surface area contributed by atoms with Gasteiger partial charge in [-0.1, -0.05) is 32.1 Å². The fourth-order valence-electron chi connectivity index (χ4n) is 11.1. The Bertz CT molecular complexity index is 4510. The van der Waals surface area contributed by atoms with E-state index >= 15 is 0 Å². The van der Waals surface area contributed by atoms with Crippen LogP contribution in [0.3, 0.4) is 0 Å². The van der Waals surface area contributed by atoms with Crippen molar-refractivity contribution in [2.75, 3.05) is 144 Å². The number of ether oxygens (including phenoxy) is 5. The van der Waals surface area contributed by atoms with Crippen LogP contribution < -0.4 is 53.2 Å². The van der Waals surface area contributed by atoms with Crippen molar-refractivity contribution in [3.63, 3.8) is 0 Å². The minimum atomic E-state index is -0.652. The van der Waals surface area contributed by atoms with Crippen LogP contribution in [0.1, 0.15) is 128 Å². The van der Waals surface area contributed by atoms with Crippen LogP contribution in [-0.2, 0) is 96.3 Å². The molecule has 0 radical (unpaired) electrons. The summed E-state index contributed by atoms with van der Waals surface area (Å²) < 4.78 is 43.9. The van der Waals surface area contributed by atoms with E-state index < -0.39 is 47.3 Å². The number of aryl methyl sites for hydroxylation is 6. The summed E-state index contributed by atoms with van der Waals surface area (Å²) in [4.78, 5) is 153. The van der Waals surface area contributed by atoms with Crippen LogP contribution in [0.15, 0.2) is 82.5 Å². The second kappa shape index (κ2) is 41.2. The maximum atomic E-state index is 13.4. The van der Waals surface area contributed by atoms with Crippen LogP contribution in [0.4, 0.5) is 34.0 Å². The van der Waals surface area contributed by atoms with Gasteiger partial charge in [0, 0.05) is 143 Å². The molecule has 111 heavy (non-hydrogen) atoms. The van der Waals surface area contributed by atoms with Gasteiger partial charge in [0.2, 0.25) is 47.0 Å². The van der Waals surface area contributed by atoms with E-state index in [9.17, 15) is 47.9 Å². The van der Waals surface area contributed by atoms with E-state index in [4.69, 9.17) is 28.1 Å². The molecule has 1 fully saturated rings. The number of anilines is 6. The number of hydrogen-bond donors (Lipinski definition) is 10. The predicted molar refractivity (Wildman–Crippen MR) is 410 cm³/mol. The first-order valence-corrected chi connectivity index (χ1v) is 37.7. The predicted octanol–water partition coefficient (Wildman–Crippen LogP) is 3.88. The Labute approximate surface area is 647 Å². The van der Waals surface area contributed by atoms with Crippen molar-refractivity contribution in [3.05, 3.63) is 120 Å². The summed E-state index contributed by atoms with van der Waals surface area (Å²) in [6, 6.07) is 6.27. The highest BCUT2D eigenvalue weighted by atomic mass is 32.2. The maximum absolute atomic E-state index is 13.4. The molecular formula is C71H96N22O16S2. The first kappa shape index (κ1) is 84.1. The number of nitrogens with zero attached hydrogens (tertiary/aromatic N) is 12. The van der Waals surface area contributed by atoms with Gasteiger partial charge in [-0.05, 0) is 50.2 Å². The van der Waals surface area contributed by atoms with Crippen LogP contribution in [0, 0.1) is 5.92 Å². The van der Waals surface area contributed by atoms with Gasteiger partial charge >= 0.3 is 0 Å². The first-order chi connectivity index (χ1) is 53.2. The zero-order chi connectivity index (χ0) is 79.6. The molecule has 10 N–H and O–H groups in total. The molecule has 40 heteroatoms. The van der Waals surface area contributed by atoms with Gasteiger partial charge in [-0.2, -0.15) is 0 Å². The average molecular weight is 1580 g/mol. The number of piperidine rings is 1. The summed E-state index contributed by atoms with van der Waals surface area (Å²) >= 11 is 3.03. The van der Waals surface area contributed by atoms with Gasteiger partial charge in [-0.25, -0.2) is 24.9 Å². The number of nitrogens with one attached hydrogen (secondary N) is 10. The second-order valence-electron chi connectivity index (χ2n) is 26.8. The van der Waals surface area contributed by atoms with Gasteiger partial charge in [-0.15, -0.1) is 11.8 Å². The molecule has 9 heterocycles. The van der Waals surface area contributed by atoms with E-state index in [1.807, 2.05) is 0 Å². The smallest absolute Gasteiger partial charge is 0.291 e. The van der Waals surface area contributed by atoms with E-state index in [1.54, 1.807) is 89.3 Å². The van der Waals surface area contributed by atoms with Crippen molar-refractivity contribution in [1.82, 2.24) is 78.5 Å². The standard InChI is InChI=1S/C71H96N22O16S2/c1-71(2,3)51-37-76-58(109-51)44-110-59-38-77-70(111-59)86-63(97)45-15-22-93(23-16-45)24-26-105-28-30-107-32-34-108-33-31-106-29-27-104-25-20-75-67(101)60-83-52(41-90(60)7)80-56(95)13-18-73-65(99)49-35-46(39-88(49)5)79-69(103)62-85-54(43-92(62)9)82-57(96)14-19-74-66(100)50-36-47(40-89(50)6)78-68(102)61-84-53(42-91(61)8)81-55(94)12-17-72-64(98)48-11-10-21-87(48)4/h10-11,21,35-43,45H,12-20,22-34,44H2,1-9H3,(H,72,98)(H,73,99)(H,74,100)(H,75,101)(H,78,102)(H,79,103)(H,80,95)(H,81,94)(H,82,96)(H,77,86,97). The quantitative estimate of drug-likeness (QED) is 0.0191. The number of oxazole rings is 1. The Kier molecular flexibility index (Phi) is 31.3. The third-order valence-electron chi connectivity index (χ3n) is 17.0. The van der Waals surface area contributed by atoms with Gasteiger partial charge in [0.1, 0.15) is 22.8 Å². The van der Waals surface area contributed by atoms with Crippen molar-refractivity contribution in [1.29, 1.82) is 0 Å². The lowest BCUT2D eigenvalue weighted by Gasteiger charge is -2.30. The highest BCUT2D eigenvalue weighted by molar-refractivity contribution is 8.00. The third-order valence-corrected chi connectivity index (χ3v) is 19.1. The molecule has 0 spiro atoms. The lowest BCUT2D eigenvalue weighted by molar-refractivity contribution is -0.121. The number of amides is 10. The molecule has 0 aliphatic carbocycles. The number of thioether (sulfide) groups is 1. The van der Waals surface area contributed by atoms with Gasteiger partial charge in [-0.3, -0.25) is 47.9 Å². The molecule has 10 amide bonds. The van der Waals surface area contributed by atoms with Crippen molar-refractivity contribution >= 4 is 116 Å². The molecule has 38 nitrogen and oxygen atoms in total. The molecule has 0 unspecified atom stereocenters. The molecule has 1 aliphatic rings. The molecule has 1 aliphatic heterocycles. The Morgan fingerprint density at radius 3 is 1.39 bits per heavy atom. The molecule has 0 saturated carbocycles. The molecule has 8 aromatic heterocycles. The van der Waals surface area contributed by atoms with Crippen LogP contribution in [0.5, 0.6) is 0 Å². The van der Waals surface area contributed by atoms with E-state index in [2.05, 4.69) is 104 Å². The fourth-order valence-corrected chi connectivity index (χ4v) is 12.8.